The summed E-state index contributed by atoms with van der Waals surface area (Å²) in [5.41, 5.74) is 19.4. The number of rotatable bonds is 6. The third kappa shape index (κ3) is 8.64. The van der Waals surface area contributed by atoms with E-state index >= 15 is 0 Å². The van der Waals surface area contributed by atoms with E-state index in [1.54, 1.807) is 0 Å². The first kappa shape index (κ1) is 56.1. The monoisotopic (exact) mass is 1160 g/mol. The molecule has 6 nitrogen and oxygen atoms in total. The number of hydrogen-bond donors (Lipinski definition) is 0. The second-order valence-electron chi connectivity index (χ2n) is 28.8. The molecule has 0 unspecified atom stereocenters. The van der Waals surface area contributed by atoms with E-state index in [-0.39, 0.29) is 21.7 Å². The maximum Gasteiger partial charge on any atom is 0.238 e. The van der Waals surface area contributed by atoms with Crippen LogP contribution >= 0.6 is 0 Å². The molecule has 15 rings (SSSR count). The number of benzene rings is 11. The fourth-order valence-corrected chi connectivity index (χ4v) is 14.2. The fourth-order valence-electron chi connectivity index (χ4n) is 14.2. The number of nitrogens with zero attached hydrogens (tertiary/aromatic N) is 6. The summed E-state index contributed by atoms with van der Waals surface area (Å²) in [6, 6.07) is 82.5. The molecule has 0 spiro atoms. The molecule has 0 atom stereocenters. The van der Waals surface area contributed by atoms with Gasteiger partial charge >= 0.3 is 0 Å². The van der Waals surface area contributed by atoms with Crippen LogP contribution in [-0.4, -0.2) is 18.3 Å². The molecule has 0 fully saturated rings. The second kappa shape index (κ2) is 20.1. The van der Waals surface area contributed by atoms with Crippen LogP contribution in [0.4, 0.5) is 5.69 Å². The Bertz CT molecular complexity index is 5090. The first-order chi connectivity index (χ1) is 43.1. The molecule has 4 heterocycles. The van der Waals surface area contributed by atoms with Gasteiger partial charge < -0.3 is 18.3 Å². The molecule has 0 aliphatic rings. The van der Waals surface area contributed by atoms with Crippen LogP contribution in [0.5, 0.6) is 0 Å². The van der Waals surface area contributed by atoms with E-state index in [1.807, 2.05) is 0 Å². The Kier molecular flexibility index (Phi) is 12.5. The van der Waals surface area contributed by atoms with Gasteiger partial charge in [-0.05, 0) is 151 Å². The Morgan fingerprint density at radius 2 is 0.556 bits per heavy atom. The van der Waals surface area contributed by atoms with Crippen molar-refractivity contribution in [2.24, 2.45) is 0 Å². The zero-order chi connectivity index (χ0) is 62.5. The van der Waals surface area contributed by atoms with Crippen LogP contribution in [0.3, 0.4) is 0 Å². The van der Waals surface area contributed by atoms with Crippen molar-refractivity contribution in [3.8, 4) is 51.1 Å². The molecule has 0 saturated heterocycles. The van der Waals surface area contributed by atoms with Gasteiger partial charge in [-0.25, -0.2) is 4.85 Å². The summed E-state index contributed by atoms with van der Waals surface area (Å²) in [6.07, 6.45) is 0. The van der Waals surface area contributed by atoms with Crippen molar-refractivity contribution in [1.82, 2.24) is 18.3 Å². The Labute approximate surface area is 526 Å². The SMILES string of the molecule is [C-]#[N+]c1c(-n2c3ccccc3c3cc(-c4ccccc4)ccc32)c(-n2c3ccc(C(C)(C)C)cc3c3cc(C(C)(C)C)ccc32)c(C#N)c(-n2c3ccccc3c3cc(-c4ccccc4)ccc32)c1-n1c2ccc(C(C)(C)C)cc2c2cc(C(C)(C)C)ccc21. The topological polar surface area (TPSA) is 47.9 Å². The molecule has 6 heteroatoms. The molecule has 4 aromatic heterocycles. The van der Waals surface area contributed by atoms with E-state index in [0.717, 1.165) is 109 Å². The first-order valence-electron chi connectivity index (χ1n) is 31.5. The molecule has 90 heavy (non-hydrogen) atoms. The van der Waals surface area contributed by atoms with Crippen molar-refractivity contribution in [3.63, 3.8) is 0 Å². The smallest absolute Gasteiger partial charge is 0.238 e. The highest BCUT2D eigenvalue weighted by molar-refractivity contribution is 6.18. The zero-order valence-corrected chi connectivity index (χ0v) is 53.5. The summed E-state index contributed by atoms with van der Waals surface area (Å²) in [4.78, 5) is 5.04. The van der Waals surface area contributed by atoms with Gasteiger partial charge in [0.25, 0.3) is 0 Å². The lowest BCUT2D eigenvalue weighted by atomic mass is 9.85. The molecule has 0 saturated carbocycles. The van der Waals surface area contributed by atoms with Gasteiger partial charge in [0.1, 0.15) is 11.6 Å². The van der Waals surface area contributed by atoms with Crippen LogP contribution in [0.1, 0.15) is 111 Å². The van der Waals surface area contributed by atoms with Gasteiger partial charge in [0, 0.05) is 43.1 Å². The van der Waals surface area contributed by atoms with Crippen molar-refractivity contribution < 1.29 is 0 Å². The number of hydrogen-bond acceptors (Lipinski definition) is 1. The van der Waals surface area contributed by atoms with Gasteiger partial charge in [0.2, 0.25) is 5.69 Å². The predicted octanol–water partition coefficient (Wildman–Crippen LogP) is 23.0. The average molecular weight is 1170 g/mol. The maximum absolute atomic E-state index is 13.2. The molecule has 0 radical (unpaired) electrons. The van der Waals surface area contributed by atoms with Gasteiger partial charge in [0.15, 0.2) is 0 Å². The van der Waals surface area contributed by atoms with Gasteiger partial charge in [-0.15, -0.1) is 0 Å². The van der Waals surface area contributed by atoms with Gasteiger partial charge in [-0.1, -0.05) is 217 Å². The van der Waals surface area contributed by atoms with E-state index in [2.05, 4.69) is 326 Å². The Hall–Kier alpha value is -10.4. The highest BCUT2D eigenvalue weighted by atomic mass is 15.1. The van der Waals surface area contributed by atoms with Crippen LogP contribution in [0.15, 0.2) is 218 Å². The molecule has 0 aliphatic carbocycles. The molecule has 0 bridgehead atoms. The molecule has 0 N–H and O–H groups in total. The summed E-state index contributed by atoms with van der Waals surface area (Å²) in [7, 11) is 0. The standard InChI is InChI=1S/C84H72N6/c1-81(2,3)55-34-40-72-63(46-55)64-47-56(82(4,5)6)35-41-73(64)88(72)78-67(50-85)77(87-68-30-22-20-28-59(68)61-44-53(32-38-70(61)87)51-24-16-14-17-25-51)80(90-74-42-36-57(83(7,8)9)48-65(74)66-49-58(84(10,11)12)37-43-75(66)90)76(86-13)79(78)89-69-31-23-21-29-60(69)62-45-54(33-39-71(62)89)52-26-18-15-19-27-52/h14-49H,1-12H3. The van der Waals surface area contributed by atoms with Crippen molar-refractivity contribution in [3.05, 3.63) is 258 Å². The number of fused-ring (bicyclic) bond motifs is 12. The van der Waals surface area contributed by atoms with Crippen LogP contribution in [0.25, 0.3) is 137 Å². The van der Waals surface area contributed by atoms with Crippen LogP contribution < -0.4 is 0 Å². The summed E-state index contributed by atoms with van der Waals surface area (Å²) in [6.45, 7) is 37.6. The molecule has 0 aliphatic heterocycles. The van der Waals surface area contributed by atoms with Gasteiger partial charge in [-0.3, -0.25) is 0 Å². The van der Waals surface area contributed by atoms with Crippen molar-refractivity contribution in [2.45, 2.75) is 105 Å². The van der Waals surface area contributed by atoms with E-state index in [1.165, 1.54) is 22.3 Å². The average Bonchev–Trinajstić information content (AvgIpc) is 1.51. The lowest BCUT2D eigenvalue weighted by Crippen LogP contribution is -2.15. The highest BCUT2D eigenvalue weighted by Gasteiger charge is 2.36. The minimum absolute atomic E-state index is 0.165. The lowest BCUT2D eigenvalue weighted by Gasteiger charge is -2.27. The largest absolute Gasteiger partial charge is 0.317 e. The Morgan fingerprint density at radius 1 is 0.289 bits per heavy atom. The minimum atomic E-state index is -0.165. The summed E-state index contributed by atoms with van der Waals surface area (Å²) >= 11 is 0. The number of aromatic nitrogens is 4. The van der Waals surface area contributed by atoms with Crippen molar-refractivity contribution in [2.75, 3.05) is 0 Å². The minimum Gasteiger partial charge on any atom is -0.317 e. The van der Waals surface area contributed by atoms with Crippen LogP contribution in [0.2, 0.25) is 0 Å². The van der Waals surface area contributed by atoms with E-state index < -0.39 is 0 Å². The lowest BCUT2D eigenvalue weighted by molar-refractivity contribution is 0.590. The highest BCUT2D eigenvalue weighted by Crippen LogP contribution is 2.53. The van der Waals surface area contributed by atoms with Crippen LogP contribution in [-0.2, 0) is 21.7 Å². The first-order valence-corrected chi connectivity index (χ1v) is 31.5. The van der Waals surface area contributed by atoms with E-state index in [9.17, 15) is 11.8 Å². The van der Waals surface area contributed by atoms with Crippen LogP contribution in [0, 0.1) is 17.9 Å². The third-order valence-corrected chi connectivity index (χ3v) is 19.0. The van der Waals surface area contributed by atoms with Crippen molar-refractivity contribution >= 4 is 92.9 Å². The summed E-state index contributed by atoms with van der Waals surface area (Å²) < 4.78 is 9.33. The molecule has 11 aromatic carbocycles. The second-order valence-corrected chi connectivity index (χ2v) is 28.8. The summed E-state index contributed by atoms with van der Waals surface area (Å²) in [5, 5.41) is 21.7. The predicted molar refractivity (Wildman–Crippen MR) is 380 cm³/mol. The molecule has 0 amide bonds. The van der Waals surface area contributed by atoms with Crippen molar-refractivity contribution in [1.29, 1.82) is 5.26 Å². The number of para-hydroxylation sites is 2. The quantitative estimate of drug-likeness (QED) is 0.153. The maximum atomic E-state index is 13.2. The van der Waals surface area contributed by atoms with Gasteiger partial charge in [0.05, 0.1) is 73.5 Å². The number of nitriles is 1. The Balaban J connectivity index is 1.23. The molecular formula is C84H72N6. The van der Waals surface area contributed by atoms with E-state index in [0.29, 0.717) is 34.0 Å². The molecule has 438 valence electrons. The zero-order valence-electron chi connectivity index (χ0n) is 53.5. The summed E-state index contributed by atoms with van der Waals surface area (Å²) in [5.74, 6) is 0. The molecule has 15 aromatic rings. The van der Waals surface area contributed by atoms with Gasteiger partial charge in [-0.2, -0.15) is 5.26 Å². The van der Waals surface area contributed by atoms with E-state index in [4.69, 9.17) is 4.85 Å². The fraction of sp³-hybridized carbons (Fsp3) is 0.190. The molecular weight excluding hydrogens is 1090 g/mol. The third-order valence-electron chi connectivity index (χ3n) is 19.0. The Morgan fingerprint density at radius 3 is 0.856 bits per heavy atom. The normalized spacial score (nSPS) is 12.6.